The summed E-state index contributed by atoms with van der Waals surface area (Å²) < 4.78 is 132. The summed E-state index contributed by atoms with van der Waals surface area (Å²) in [5.41, 5.74) is -7.20. The van der Waals surface area contributed by atoms with Crippen LogP contribution in [-0.4, -0.2) is 393 Å². The number of esters is 6. The molecule has 130 heavy (non-hydrogen) atoms. The highest BCUT2D eigenvalue weighted by Crippen LogP contribution is 2.48. The maximum Gasteiger partial charge on any atom is 0.329 e. The fourth-order valence-electron chi connectivity index (χ4n) is 20.8. The summed E-state index contributed by atoms with van der Waals surface area (Å²) in [4.78, 5) is 88.2. The van der Waals surface area contributed by atoms with Gasteiger partial charge in [-0.25, -0.2) is 4.79 Å². The fourth-order valence-corrected chi connectivity index (χ4v) is 20.8. The lowest BCUT2D eigenvalue weighted by atomic mass is 9.77. The van der Waals surface area contributed by atoms with Crippen LogP contribution in [-0.2, 0) is 128 Å². The number of ether oxygens (including phenoxy) is 21. The van der Waals surface area contributed by atoms with Crippen molar-refractivity contribution in [2.45, 2.75) is 404 Å². The number of nitrogens with zero attached hydrogens (tertiary/aromatic N) is 6. The van der Waals surface area contributed by atoms with E-state index in [4.69, 9.17) is 94.7 Å². The van der Waals surface area contributed by atoms with Gasteiger partial charge >= 0.3 is 35.8 Å². The summed E-state index contributed by atoms with van der Waals surface area (Å²) in [5, 5.41) is 37.5. The summed E-state index contributed by atoms with van der Waals surface area (Å²) in [6, 6.07) is -0.829. The van der Waals surface area contributed by atoms with E-state index in [-0.39, 0.29) is 80.5 Å². The molecule has 0 aromatic carbocycles. The van der Waals surface area contributed by atoms with Crippen LogP contribution in [0, 0.1) is 35.5 Å². The smallest absolute Gasteiger partial charge is 0.329 e. The minimum absolute atomic E-state index is 0.0228. The molecule has 0 aromatic heterocycles. The molecular formula is C94H170N6O30. The van der Waals surface area contributed by atoms with E-state index in [0.29, 0.717) is 45.2 Å². The van der Waals surface area contributed by atoms with Gasteiger partial charge in [-0.2, -0.15) is 0 Å². The molecule has 756 valence electrons. The molecule has 0 saturated carbocycles. The van der Waals surface area contributed by atoms with Crippen molar-refractivity contribution in [1.29, 1.82) is 0 Å². The highest BCUT2D eigenvalue weighted by atomic mass is 16.8. The van der Waals surface area contributed by atoms with E-state index < -0.39 is 217 Å². The number of carbonyl (C=O) groups is 6. The highest BCUT2D eigenvalue weighted by Gasteiger charge is 2.62. The van der Waals surface area contributed by atoms with Crippen LogP contribution in [0.4, 0.5) is 0 Å². The van der Waals surface area contributed by atoms with Crippen LogP contribution in [0.15, 0.2) is 12.7 Å². The lowest BCUT2D eigenvalue weighted by molar-refractivity contribution is -0.321. The van der Waals surface area contributed by atoms with Crippen LogP contribution in [0.1, 0.15) is 210 Å². The largest absolute Gasteiger partial charge is 0.469 e. The minimum atomic E-state index is -1.56. The maximum atomic E-state index is 14.9. The third kappa shape index (κ3) is 28.4. The quantitative estimate of drug-likeness (QED) is 0.0501. The Balaban J connectivity index is 0.000000378. The predicted molar refractivity (Wildman–Crippen MR) is 480 cm³/mol. The van der Waals surface area contributed by atoms with Crippen molar-refractivity contribution in [2.75, 3.05) is 119 Å². The monoisotopic (exact) mass is 1860 g/mol. The second-order valence-electron chi connectivity index (χ2n) is 40.3. The zero-order valence-electron chi connectivity index (χ0n) is 85.3. The van der Waals surface area contributed by atoms with E-state index in [1.165, 1.54) is 28.1 Å². The molecule has 2 unspecified atom stereocenters. The average molecular weight is 1860 g/mol. The Morgan fingerprint density at radius 2 is 0.885 bits per heavy atom. The van der Waals surface area contributed by atoms with Crippen molar-refractivity contribution in [1.82, 2.24) is 29.4 Å². The molecular weight excluding hydrogens is 1690 g/mol. The number of aliphatic hydroxyl groups is 3. The Bertz CT molecular complexity index is 3550. The van der Waals surface area contributed by atoms with Gasteiger partial charge in [-0.15, -0.1) is 0 Å². The second kappa shape index (κ2) is 48.8. The molecule has 0 amide bonds. The van der Waals surface area contributed by atoms with Crippen LogP contribution in [0.2, 0.25) is 0 Å². The van der Waals surface area contributed by atoms with E-state index in [1.807, 2.05) is 159 Å². The molecule has 8 saturated heterocycles. The van der Waals surface area contributed by atoms with Gasteiger partial charge in [-0.3, -0.25) is 33.8 Å². The number of carbonyl (C=O) groups excluding carboxylic acids is 6. The molecule has 36 nitrogen and oxygen atoms in total. The zero-order valence-corrected chi connectivity index (χ0v) is 85.3. The Hall–Kier alpha value is -4.40. The lowest BCUT2D eigenvalue weighted by Crippen LogP contribution is -2.61. The first kappa shape index (κ1) is 114. The Morgan fingerprint density at radius 3 is 1.22 bits per heavy atom. The summed E-state index contributed by atoms with van der Waals surface area (Å²) in [6.07, 6.45) is -12.8. The molecule has 38 atom stereocenters. The van der Waals surface area contributed by atoms with Crippen molar-refractivity contribution in [3.8, 4) is 0 Å². The number of rotatable bonds is 23. The Kier molecular flexibility index (Phi) is 42.9. The third-order valence-corrected chi connectivity index (χ3v) is 28.1. The van der Waals surface area contributed by atoms with E-state index in [0.717, 1.165) is 6.08 Å². The number of fused-ring (bicyclic) bond motifs is 2. The molecule has 3 N–H and O–H groups in total. The van der Waals surface area contributed by atoms with Gasteiger partial charge in [-0.05, 0) is 218 Å². The zero-order chi connectivity index (χ0) is 98.4. The van der Waals surface area contributed by atoms with E-state index in [2.05, 4.69) is 48.8 Å². The van der Waals surface area contributed by atoms with Crippen molar-refractivity contribution in [2.24, 2.45) is 35.5 Å². The molecule has 0 aliphatic carbocycles. The first-order valence-electron chi connectivity index (χ1n) is 46.7. The molecule has 0 radical (unpaired) electrons. The molecule has 0 aromatic rings. The molecule has 8 heterocycles. The number of likely N-dealkylation sites (N-methyl/N-ethyl adjacent to an activating group) is 4. The van der Waals surface area contributed by atoms with Gasteiger partial charge in [0.15, 0.2) is 37.4 Å². The third-order valence-electron chi connectivity index (χ3n) is 28.1. The van der Waals surface area contributed by atoms with Crippen molar-refractivity contribution in [3.63, 3.8) is 0 Å². The summed E-state index contributed by atoms with van der Waals surface area (Å²) in [6.45, 7) is 45.1. The van der Waals surface area contributed by atoms with Gasteiger partial charge < -0.3 is 134 Å². The first-order chi connectivity index (χ1) is 60.3. The van der Waals surface area contributed by atoms with Crippen LogP contribution in [0.5, 0.6) is 0 Å². The molecule has 8 rings (SSSR count). The Labute approximate surface area is 775 Å². The van der Waals surface area contributed by atoms with Crippen LogP contribution >= 0.6 is 0 Å². The van der Waals surface area contributed by atoms with Crippen LogP contribution in [0.3, 0.4) is 0 Å². The van der Waals surface area contributed by atoms with E-state index in [1.54, 1.807) is 55.8 Å². The number of methoxy groups -OCH3 is 4. The van der Waals surface area contributed by atoms with Crippen molar-refractivity contribution in [3.05, 3.63) is 12.7 Å². The molecule has 8 aliphatic heterocycles. The lowest BCUT2D eigenvalue weighted by Gasteiger charge is -2.49. The summed E-state index contributed by atoms with van der Waals surface area (Å²) >= 11 is 0. The molecule has 8 aliphatic rings. The van der Waals surface area contributed by atoms with Gasteiger partial charge in [0.1, 0.15) is 59.0 Å². The highest BCUT2D eigenvalue weighted by molar-refractivity contribution is 5.81. The van der Waals surface area contributed by atoms with Crippen LogP contribution in [0.25, 0.3) is 0 Å². The van der Waals surface area contributed by atoms with E-state index >= 15 is 0 Å². The second-order valence-corrected chi connectivity index (χ2v) is 40.3. The normalized spacial score (nSPS) is 43.7. The minimum Gasteiger partial charge on any atom is -0.469 e. The average Bonchev–Trinajstić information content (AvgIpc) is 1.60. The maximum absolute atomic E-state index is 14.9. The number of hydrogen-bond acceptors (Lipinski definition) is 36. The van der Waals surface area contributed by atoms with Gasteiger partial charge in [0, 0.05) is 96.1 Å². The molecule has 36 heteroatoms. The standard InChI is InChI=1S/C47H85N3O15.C43H79N3O13.C4H6O2/c1-19-34-47(11)40(64-44(65-47)49(14)15)30(6)50(16)25-26(2)23-45(9,54)39(63-43-38(57-21-20-35(52)55-17)33(48(12)13)22-27(3)58-43)28(4)37(29(5)42(53)61-34)62-36-24-46(10,56-18)41(31(7)59-36)60-32(8)51;1-18-31-43(11)36(58-40(59-43)45(14)15)27(6)46(16)22-23(2)20-41(9,50)35(57-39-33(48)30(44(12)13)19-24(3)52-39)25(4)34(26(5)38(49)55-31)56-32-21-42(10,51-17)37(28(7)53-32)54-29(8)47;1-3-4(5)6-2/h26-31,33-34,36-41,43-44,54H,19-25H2,1-18H3;23-28,30-37,39-40,48,50H,18-22H2,1-17H3;3H,1H2,2H3/t26-,27-,28+,29-,30-,31+,33+,34-,36+,37+,38-,39-,40-,41+,43+,44?,45-,46-,47-;23-,24-,25+,26-,27-,28+,30+,31-,32+,33-,34+,35-,36-,37+,39+,40?,41-,42-,43-;/m11./s1. The number of aliphatic hydroxyl groups excluding tert-OH is 1. The molecule has 0 bridgehead atoms. The van der Waals surface area contributed by atoms with Crippen molar-refractivity contribution >= 4 is 35.8 Å². The summed E-state index contributed by atoms with van der Waals surface area (Å²) in [7, 11) is 25.0. The first-order valence-corrected chi connectivity index (χ1v) is 46.7. The van der Waals surface area contributed by atoms with Gasteiger partial charge in [0.2, 0.25) is 12.8 Å². The summed E-state index contributed by atoms with van der Waals surface area (Å²) in [5.74, 6) is -6.38. The van der Waals surface area contributed by atoms with Crippen molar-refractivity contribution < 1.29 is 144 Å². The van der Waals surface area contributed by atoms with Crippen LogP contribution < -0.4 is 0 Å². The number of hydrogen-bond donors (Lipinski definition) is 3. The van der Waals surface area contributed by atoms with Gasteiger partial charge in [0.25, 0.3) is 0 Å². The SMILES string of the molecule is C=CC(=O)OC.CC[C@H]1OC(=O)[C@H](C)[C@@H](O[C@H]2C[C@@](C)(OC)[C@@H](OC(C)=O)[C@H](C)O2)[C@H](C)[C@@H](O[C@@H]2O[C@H](C)C[C@H](N(C)C)[C@H]2O)[C@](C)(O)C[C@@H](C)CN(C)[C@H](C)[C@H]2OC(N(C)C)O[C@@]21C.CC[C@H]1OC(=O)[C@H](C)[C@@H](O[C@H]2C[C@@](C)(OC)[C@@H](OC(C)=O)[C@H](C)O2)[C@H](C)[C@@H](O[C@@H]2O[C@H](C)C[C@H](N(C)C)[C@H]2OCCC(=O)OC)[C@](C)(O)C[C@@H](C)CN(C)[C@H](C)[C@H]2OC(N(C)C)O[C@@]21C. The van der Waals surface area contributed by atoms with E-state index in [9.17, 15) is 44.1 Å². The molecule has 8 fully saturated rings. The molecule has 0 spiro atoms. The fraction of sp³-hybridized carbons (Fsp3) is 0.915. The Morgan fingerprint density at radius 1 is 0.508 bits per heavy atom. The predicted octanol–water partition coefficient (Wildman–Crippen LogP) is 7.69. The number of cyclic esters (lactones) is 2. The topological polar surface area (TPSA) is 376 Å². The van der Waals surface area contributed by atoms with Gasteiger partial charge in [-0.1, -0.05) is 48.1 Å². The van der Waals surface area contributed by atoms with Gasteiger partial charge in [0.05, 0.1) is 99.1 Å².